The van der Waals surface area contributed by atoms with E-state index in [1.54, 1.807) is 0 Å². The zero-order chi connectivity index (χ0) is 12.5. The van der Waals surface area contributed by atoms with Crippen molar-refractivity contribution in [2.24, 2.45) is 5.73 Å². The Morgan fingerprint density at radius 3 is 2.83 bits per heavy atom. The molecule has 1 aliphatic heterocycles. The SMILES string of the molecule is N#CC1=C(N)n2ncnc2N[C@@H]1c1ccccc1. The van der Waals surface area contributed by atoms with Crippen molar-refractivity contribution < 1.29 is 0 Å². The lowest BCUT2D eigenvalue weighted by Crippen LogP contribution is -2.27. The highest BCUT2D eigenvalue weighted by molar-refractivity contribution is 5.65. The summed E-state index contributed by atoms with van der Waals surface area (Å²) in [5.74, 6) is 0.859. The maximum atomic E-state index is 9.27. The first kappa shape index (κ1) is 10.4. The van der Waals surface area contributed by atoms with Gasteiger partial charge in [0.25, 0.3) is 0 Å². The molecule has 0 amide bonds. The number of nitrogens with two attached hydrogens (primary N) is 1. The van der Waals surface area contributed by atoms with Crippen LogP contribution < -0.4 is 11.1 Å². The molecule has 1 aliphatic rings. The number of benzene rings is 1. The molecule has 0 spiro atoms. The summed E-state index contributed by atoms with van der Waals surface area (Å²) in [6.45, 7) is 0. The lowest BCUT2D eigenvalue weighted by atomic mass is 9.98. The van der Waals surface area contributed by atoms with Crippen LogP contribution in [0.5, 0.6) is 0 Å². The Kier molecular flexibility index (Phi) is 2.24. The van der Waals surface area contributed by atoms with Crippen molar-refractivity contribution in [2.75, 3.05) is 5.32 Å². The normalized spacial score (nSPS) is 17.8. The van der Waals surface area contributed by atoms with Crippen LogP contribution in [0.2, 0.25) is 0 Å². The predicted octanol–water partition coefficient (Wildman–Crippen LogP) is 1.10. The van der Waals surface area contributed by atoms with E-state index in [1.807, 2.05) is 30.3 Å². The Morgan fingerprint density at radius 2 is 2.11 bits per heavy atom. The van der Waals surface area contributed by atoms with Crippen molar-refractivity contribution in [3.05, 3.63) is 47.8 Å². The molecule has 6 nitrogen and oxygen atoms in total. The van der Waals surface area contributed by atoms with Crippen LogP contribution in [0.1, 0.15) is 11.6 Å². The fourth-order valence-electron chi connectivity index (χ4n) is 2.00. The number of nitrogens with zero attached hydrogens (tertiary/aromatic N) is 4. The summed E-state index contributed by atoms with van der Waals surface area (Å²) in [5.41, 5.74) is 7.36. The first-order chi connectivity index (χ1) is 8.81. The molecule has 3 N–H and O–H groups in total. The average Bonchev–Trinajstić information content (AvgIpc) is 2.88. The van der Waals surface area contributed by atoms with Crippen molar-refractivity contribution in [3.63, 3.8) is 0 Å². The quantitative estimate of drug-likeness (QED) is 0.776. The Balaban J connectivity index is 2.14. The maximum Gasteiger partial charge on any atom is 0.228 e. The van der Waals surface area contributed by atoms with Gasteiger partial charge in [0.1, 0.15) is 18.2 Å². The number of nitriles is 1. The molecule has 2 heterocycles. The smallest absolute Gasteiger partial charge is 0.228 e. The van der Waals surface area contributed by atoms with Gasteiger partial charge in [0.2, 0.25) is 5.95 Å². The lowest BCUT2D eigenvalue weighted by Gasteiger charge is -2.25. The van der Waals surface area contributed by atoms with Gasteiger partial charge in [0, 0.05) is 0 Å². The van der Waals surface area contributed by atoms with Crippen LogP contribution in [0, 0.1) is 11.3 Å². The molecule has 0 bridgehead atoms. The van der Waals surface area contributed by atoms with Crippen molar-refractivity contribution in [2.45, 2.75) is 6.04 Å². The van der Waals surface area contributed by atoms with Gasteiger partial charge in [-0.3, -0.25) is 0 Å². The van der Waals surface area contributed by atoms with Gasteiger partial charge in [0.05, 0.1) is 11.6 Å². The summed E-state index contributed by atoms with van der Waals surface area (Å²) in [4.78, 5) is 4.07. The number of rotatable bonds is 1. The molecule has 0 saturated carbocycles. The van der Waals surface area contributed by atoms with Crippen LogP contribution in [0.15, 0.2) is 42.2 Å². The van der Waals surface area contributed by atoms with Crippen molar-refractivity contribution in [1.82, 2.24) is 14.8 Å². The molecule has 0 saturated heterocycles. The molecule has 1 atom stereocenters. The molecule has 1 aromatic heterocycles. The van der Waals surface area contributed by atoms with E-state index >= 15 is 0 Å². The topological polar surface area (TPSA) is 92.5 Å². The highest BCUT2D eigenvalue weighted by Gasteiger charge is 2.28. The summed E-state index contributed by atoms with van der Waals surface area (Å²) in [7, 11) is 0. The minimum absolute atomic E-state index is 0.284. The third kappa shape index (κ3) is 1.42. The molecule has 0 aliphatic carbocycles. The second-order valence-electron chi connectivity index (χ2n) is 3.89. The van der Waals surface area contributed by atoms with Crippen molar-refractivity contribution in [3.8, 4) is 6.07 Å². The van der Waals surface area contributed by atoms with Crippen LogP contribution >= 0.6 is 0 Å². The third-order valence-electron chi connectivity index (χ3n) is 2.87. The molecule has 1 aromatic carbocycles. The van der Waals surface area contributed by atoms with E-state index in [0.29, 0.717) is 17.3 Å². The zero-order valence-corrected chi connectivity index (χ0v) is 9.41. The Hall–Kier alpha value is -2.81. The number of nitrogens with one attached hydrogen (secondary N) is 1. The molecular weight excluding hydrogens is 228 g/mol. The highest BCUT2D eigenvalue weighted by atomic mass is 15.4. The van der Waals surface area contributed by atoms with Gasteiger partial charge >= 0.3 is 0 Å². The van der Waals surface area contributed by atoms with Gasteiger partial charge in [-0.25, -0.2) is 0 Å². The summed E-state index contributed by atoms with van der Waals surface area (Å²) < 4.78 is 1.43. The number of hydrogen-bond donors (Lipinski definition) is 2. The monoisotopic (exact) mass is 238 g/mol. The third-order valence-corrected chi connectivity index (χ3v) is 2.87. The Labute approximate surface area is 103 Å². The van der Waals surface area contributed by atoms with Crippen LogP contribution in [-0.4, -0.2) is 14.8 Å². The Bertz CT molecular complexity index is 649. The largest absolute Gasteiger partial charge is 0.383 e. The standard InChI is InChI=1S/C12H10N6/c13-6-9-10(8-4-2-1-3-5-8)17-12-15-7-16-18(12)11(9)14/h1-5,7,10H,14H2,(H,15,16,17)/t10-/m1/s1. The minimum Gasteiger partial charge on any atom is -0.383 e. The molecule has 0 fully saturated rings. The minimum atomic E-state index is -0.284. The first-order valence-corrected chi connectivity index (χ1v) is 5.43. The lowest BCUT2D eigenvalue weighted by molar-refractivity contribution is 0.794. The van der Waals surface area contributed by atoms with E-state index in [-0.39, 0.29) is 6.04 Å². The van der Waals surface area contributed by atoms with Crippen LogP contribution in [0.25, 0.3) is 5.82 Å². The fraction of sp³-hybridized carbons (Fsp3) is 0.0833. The summed E-state index contributed by atoms with van der Waals surface area (Å²) in [5, 5.41) is 16.4. The molecule has 6 heteroatoms. The fourth-order valence-corrected chi connectivity index (χ4v) is 2.00. The van der Waals surface area contributed by atoms with E-state index in [4.69, 9.17) is 5.73 Å². The molecule has 18 heavy (non-hydrogen) atoms. The second kappa shape index (κ2) is 3.89. The van der Waals surface area contributed by atoms with Crippen LogP contribution in [0.4, 0.5) is 5.95 Å². The highest BCUT2D eigenvalue weighted by Crippen LogP contribution is 2.31. The van der Waals surface area contributed by atoms with Crippen molar-refractivity contribution in [1.29, 1.82) is 5.26 Å². The van der Waals surface area contributed by atoms with Gasteiger partial charge in [-0.1, -0.05) is 30.3 Å². The van der Waals surface area contributed by atoms with E-state index in [0.717, 1.165) is 5.56 Å². The predicted molar refractivity (Wildman–Crippen MR) is 65.8 cm³/mol. The average molecular weight is 238 g/mol. The van der Waals surface area contributed by atoms with E-state index in [1.165, 1.54) is 11.0 Å². The van der Waals surface area contributed by atoms with Gasteiger partial charge in [-0.15, -0.1) is 0 Å². The van der Waals surface area contributed by atoms with Crippen LogP contribution in [-0.2, 0) is 0 Å². The van der Waals surface area contributed by atoms with E-state index in [9.17, 15) is 5.26 Å². The summed E-state index contributed by atoms with van der Waals surface area (Å²) >= 11 is 0. The van der Waals surface area contributed by atoms with E-state index in [2.05, 4.69) is 21.5 Å². The van der Waals surface area contributed by atoms with Gasteiger partial charge in [0.15, 0.2) is 0 Å². The van der Waals surface area contributed by atoms with Gasteiger partial charge in [-0.2, -0.15) is 20.0 Å². The van der Waals surface area contributed by atoms with Gasteiger partial charge < -0.3 is 11.1 Å². The second-order valence-corrected chi connectivity index (χ2v) is 3.89. The van der Waals surface area contributed by atoms with E-state index < -0.39 is 0 Å². The first-order valence-electron chi connectivity index (χ1n) is 5.43. The number of anilines is 1. The zero-order valence-electron chi connectivity index (χ0n) is 9.41. The molecule has 3 rings (SSSR count). The summed E-state index contributed by atoms with van der Waals surface area (Å²) in [6, 6.07) is 11.5. The van der Waals surface area contributed by atoms with Gasteiger partial charge in [-0.05, 0) is 5.56 Å². The molecule has 0 unspecified atom stereocenters. The molecule has 0 radical (unpaired) electrons. The number of hydrogen-bond acceptors (Lipinski definition) is 5. The maximum absolute atomic E-state index is 9.27. The molecule has 2 aromatic rings. The summed E-state index contributed by atoms with van der Waals surface area (Å²) in [6.07, 6.45) is 1.40. The van der Waals surface area contributed by atoms with Crippen LogP contribution in [0.3, 0.4) is 0 Å². The van der Waals surface area contributed by atoms with Crippen molar-refractivity contribution >= 4 is 11.8 Å². The number of aromatic nitrogens is 3. The Morgan fingerprint density at radius 1 is 1.33 bits per heavy atom. The number of fused-ring (bicyclic) bond motifs is 1. The molecular formula is C12H10N6. The molecule has 88 valence electrons.